The van der Waals surface area contributed by atoms with Gasteiger partial charge in [0.25, 0.3) is 0 Å². The molecule has 17 heavy (non-hydrogen) atoms. The molecule has 0 fully saturated rings. The van der Waals surface area contributed by atoms with E-state index in [9.17, 15) is 0 Å². The van der Waals surface area contributed by atoms with Crippen LogP contribution >= 0.6 is 15.9 Å². The Morgan fingerprint density at radius 3 is 2.76 bits per heavy atom. The minimum absolute atomic E-state index is 0.608. The number of rotatable bonds is 2. The standard InChI is InChI=1S/C12H11BrN4/c1-8-12(7-17(2)16-8)15-11-5-10(13)4-3-9(11)6-14/h3-5,7,15H,1-2H3. The summed E-state index contributed by atoms with van der Waals surface area (Å²) < 4.78 is 2.67. The molecule has 0 aliphatic carbocycles. The Bertz CT molecular complexity index is 595. The molecule has 86 valence electrons. The summed E-state index contributed by atoms with van der Waals surface area (Å²) in [7, 11) is 1.87. The van der Waals surface area contributed by atoms with E-state index in [1.807, 2.05) is 32.3 Å². The topological polar surface area (TPSA) is 53.6 Å². The van der Waals surface area contributed by atoms with Gasteiger partial charge >= 0.3 is 0 Å². The Morgan fingerprint density at radius 1 is 1.41 bits per heavy atom. The van der Waals surface area contributed by atoms with Crippen molar-refractivity contribution in [2.45, 2.75) is 6.92 Å². The number of aromatic nitrogens is 2. The van der Waals surface area contributed by atoms with Crippen LogP contribution in [0.5, 0.6) is 0 Å². The lowest BCUT2D eigenvalue weighted by Gasteiger charge is -2.07. The smallest absolute Gasteiger partial charge is 0.101 e. The molecule has 0 spiro atoms. The van der Waals surface area contributed by atoms with Crippen molar-refractivity contribution in [3.63, 3.8) is 0 Å². The van der Waals surface area contributed by atoms with E-state index in [0.717, 1.165) is 21.5 Å². The summed E-state index contributed by atoms with van der Waals surface area (Å²) in [6, 6.07) is 7.66. The largest absolute Gasteiger partial charge is 0.352 e. The Morgan fingerprint density at radius 2 is 2.18 bits per heavy atom. The van der Waals surface area contributed by atoms with Gasteiger partial charge in [0.1, 0.15) is 6.07 Å². The predicted molar refractivity (Wildman–Crippen MR) is 70.1 cm³/mol. The maximum absolute atomic E-state index is 9.04. The molecular formula is C12H11BrN4. The van der Waals surface area contributed by atoms with E-state index in [2.05, 4.69) is 32.4 Å². The fraction of sp³-hybridized carbons (Fsp3) is 0.167. The second-order valence-electron chi connectivity index (χ2n) is 3.73. The van der Waals surface area contributed by atoms with Gasteiger partial charge in [-0.1, -0.05) is 15.9 Å². The molecule has 1 aromatic heterocycles. The number of aryl methyl sites for hydroxylation is 2. The van der Waals surface area contributed by atoms with E-state index in [1.165, 1.54) is 0 Å². The summed E-state index contributed by atoms with van der Waals surface area (Å²) in [5.74, 6) is 0. The van der Waals surface area contributed by atoms with Gasteiger partial charge in [-0.05, 0) is 25.1 Å². The van der Waals surface area contributed by atoms with Crippen LogP contribution in [0.3, 0.4) is 0 Å². The molecule has 1 heterocycles. The van der Waals surface area contributed by atoms with Gasteiger partial charge in [-0.15, -0.1) is 0 Å². The first-order valence-electron chi connectivity index (χ1n) is 5.07. The third kappa shape index (κ3) is 2.48. The summed E-state index contributed by atoms with van der Waals surface area (Å²) in [4.78, 5) is 0. The highest BCUT2D eigenvalue weighted by molar-refractivity contribution is 9.10. The van der Waals surface area contributed by atoms with Crippen molar-refractivity contribution in [3.05, 3.63) is 40.1 Å². The van der Waals surface area contributed by atoms with Crippen molar-refractivity contribution < 1.29 is 0 Å². The van der Waals surface area contributed by atoms with Crippen LogP contribution in [0.15, 0.2) is 28.9 Å². The van der Waals surface area contributed by atoms with E-state index in [4.69, 9.17) is 5.26 Å². The van der Waals surface area contributed by atoms with Gasteiger partial charge in [-0.2, -0.15) is 10.4 Å². The number of anilines is 2. The zero-order valence-electron chi connectivity index (χ0n) is 9.53. The van der Waals surface area contributed by atoms with Gasteiger partial charge in [0.15, 0.2) is 0 Å². The van der Waals surface area contributed by atoms with Crippen LogP contribution in [-0.4, -0.2) is 9.78 Å². The van der Waals surface area contributed by atoms with Gasteiger partial charge in [-0.3, -0.25) is 4.68 Å². The summed E-state index contributed by atoms with van der Waals surface area (Å²) in [6.45, 7) is 1.92. The lowest BCUT2D eigenvalue weighted by atomic mass is 10.2. The minimum atomic E-state index is 0.608. The molecule has 0 radical (unpaired) electrons. The first-order chi connectivity index (χ1) is 8.10. The van der Waals surface area contributed by atoms with Crippen molar-refractivity contribution in [2.75, 3.05) is 5.32 Å². The van der Waals surface area contributed by atoms with Gasteiger partial charge in [0, 0.05) is 17.7 Å². The Hall–Kier alpha value is -1.80. The third-order valence-corrected chi connectivity index (χ3v) is 2.88. The highest BCUT2D eigenvalue weighted by Crippen LogP contribution is 2.25. The molecule has 0 saturated carbocycles. The quantitative estimate of drug-likeness (QED) is 0.925. The lowest BCUT2D eigenvalue weighted by molar-refractivity contribution is 0.756. The first kappa shape index (κ1) is 11.7. The highest BCUT2D eigenvalue weighted by atomic mass is 79.9. The molecule has 2 aromatic rings. The number of benzene rings is 1. The van der Waals surface area contributed by atoms with Crippen LogP contribution < -0.4 is 5.32 Å². The van der Waals surface area contributed by atoms with Crippen molar-refractivity contribution in [1.82, 2.24) is 9.78 Å². The molecule has 5 heteroatoms. The van der Waals surface area contributed by atoms with Crippen LogP contribution in [0, 0.1) is 18.3 Å². The average Bonchev–Trinajstić information content (AvgIpc) is 2.58. The summed E-state index contributed by atoms with van der Waals surface area (Å²) in [6.07, 6.45) is 1.89. The number of hydrogen-bond acceptors (Lipinski definition) is 3. The van der Waals surface area contributed by atoms with Crippen LogP contribution in [0.4, 0.5) is 11.4 Å². The Kier molecular flexibility index (Phi) is 3.16. The Balaban J connectivity index is 2.39. The second-order valence-corrected chi connectivity index (χ2v) is 4.64. The average molecular weight is 291 g/mol. The maximum Gasteiger partial charge on any atom is 0.101 e. The summed E-state index contributed by atoms with van der Waals surface area (Å²) >= 11 is 3.39. The van der Waals surface area contributed by atoms with Crippen LogP contribution in [0.1, 0.15) is 11.3 Å². The van der Waals surface area contributed by atoms with E-state index in [0.29, 0.717) is 5.56 Å². The molecule has 2 rings (SSSR count). The molecule has 0 atom stereocenters. The number of halogens is 1. The zero-order chi connectivity index (χ0) is 12.4. The van der Waals surface area contributed by atoms with E-state index >= 15 is 0 Å². The normalized spacial score (nSPS) is 10.0. The lowest BCUT2D eigenvalue weighted by Crippen LogP contribution is -1.94. The zero-order valence-corrected chi connectivity index (χ0v) is 11.1. The molecular weight excluding hydrogens is 280 g/mol. The number of nitriles is 1. The molecule has 0 amide bonds. The molecule has 4 nitrogen and oxygen atoms in total. The SMILES string of the molecule is Cc1nn(C)cc1Nc1cc(Br)ccc1C#N. The molecule has 0 aliphatic rings. The first-order valence-corrected chi connectivity index (χ1v) is 5.86. The second kappa shape index (κ2) is 4.60. The Labute approximate surface area is 108 Å². The molecule has 0 unspecified atom stereocenters. The van der Waals surface area contributed by atoms with Crippen molar-refractivity contribution in [2.24, 2.45) is 7.05 Å². The molecule has 0 aliphatic heterocycles. The van der Waals surface area contributed by atoms with Crippen LogP contribution in [-0.2, 0) is 7.05 Å². The monoisotopic (exact) mass is 290 g/mol. The number of hydrogen-bond donors (Lipinski definition) is 1. The highest BCUT2D eigenvalue weighted by Gasteiger charge is 2.07. The summed E-state index contributed by atoms with van der Waals surface area (Å²) in [5.41, 5.74) is 3.19. The van der Waals surface area contributed by atoms with E-state index in [1.54, 1.807) is 10.7 Å². The van der Waals surface area contributed by atoms with Crippen LogP contribution in [0.25, 0.3) is 0 Å². The molecule has 0 saturated heterocycles. The maximum atomic E-state index is 9.04. The third-order valence-electron chi connectivity index (χ3n) is 2.38. The van der Waals surface area contributed by atoms with Crippen molar-refractivity contribution in [1.29, 1.82) is 5.26 Å². The van der Waals surface area contributed by atoms with Crippen molar-refractivity contribution >= 4 is 27.3 Å². The summed E-state index contributed by atoms with van der Waals surface area (Å²) in [5, 5.41) is 16.5. The molecule has 1 N–H and O–H groups in total. The van der Waals surface area contributed by atoms with Crippen molar-refractivity contribution in [3.8, 4) is 6.07 Å². The van der Waals surface area contributed by atoms with E-state index in [-0.39, 0.29) is 0 Å². The van der Waals surface area contributed by atoms with Gasteiger partial charge < -0.3 is 5.32 Å². The van der Waals surface area contributed by atoms with Gasteiger partial charge in [0.2, 0.25) is 0 Å². The van der Waals surface area contributed by atoms with E-state index < -0.39 is 0 Å². The minimum Gasteiger partial charge on any atom is -0.352 e. The van der Waals surface area contributed by atoms with Gasteiger partial charge in [0.05, 0.1) is 22.6 Å². The number of nitrogens with zero attached hydrogens (tertiary/aromatic N) is 3. The predicted octanol–water partition coefficient (Wildman–Crippen LogP) is 3.11. The molecule has 0 bridgehead atoms. The molecule has 1 aromatic carbocycles. The van der Waals surface area contributed by atoms with Crippen LogP contribution in [0.2, 0.25) is 0 Å². The fourth-order valence-electron chi connectivity index (χ4n) is 1.58. The number of nitrogens with one attached hydrogen (secondary N) is 1. The fourth-order valence-corrected chi connectivity index (χ4v) is 1.95. The van der Waals surface area contributed by atoms with Gasteiger partial charge in [-0.25, -0.2) is 0 Å².